The van der Waals surface area contributed by atoms with E-state index in [0.717, 1.165) is 5.56 Å². The molecule has 3 amide bonds. The summed E-state index contributed by atoms with van der Waals surface area (Å²) in [6.07, 6.45) is 0.595. The van der Waals surface area contributed by atoms with E-state index in [-0.39, 0.29) is 35.6 Å². The summed E-state index contributed by atoms with van der Waals surface area (Å²) in [7, 11) is 0. The molecule has 3 rings (SSSR count). The van der Waals surface area contributed by atoms with E-state index in [1.807, 2.05) is 51.1 Å². The number of phenolic OH excluding ortho intramolecular Hbond substituents is 1. The Bertz CT molecular complexity index is 1370. The molecule has 0 aromatic heterocycles. The number of alkyl carbamates (subject to hydrolysis) is 1. The van der Waals surface area contributed by atoms with Crippen LogP contribution in [0.4, 0.5) is 4.79 Å². The van der Waals surface area contributed by atoms with Gasteiger partial charge in [0, 0.05) is 18.0 Å². The number of rotatable bonds is 12. The molecule has 0 aliphatic heterocycles. The highest BCUT2D eigenvalue weighted by molar-refractivity contribution is 5.95. The molecule has 1 saturated carbocycles. The Kier molecular flexibility index (Phi) is 11.9. The Morgan fingerprint density at radius 1 is 0.913 bits per heavy atom. The number of carbonyl (C=O) groups is 4. The fourth-order valence-corrected chi connectivity index (χ4v) is 5.25. The van der Waals surface area contributed by atoms with Crippen molar-refractivity contribution >= 4 is 23.9 Å². The van der Waals surface area contributed by atoms with Crippen molar-refractivity contribution in [3.63, 3.8) is 0 Å². The SMILES string of the molecule is CCC(C)C(NC(=O)OC(C)(C)C)C(=O)N(C(C(=O)NC(Cc1ccccc1)C(=O)OC(C)(C)C)c1ccccc1O)C1CC1C. The molecule has 1 aliphatic carbocycles. The molecule has 252 valence electrons. The molecular formula is C36H51N3O7. The average Bonchev–Trinajstić information content (AvgIpc) is 3.68. The van der Waals surface area contributed by atoms with Crippen LogP contribution in [0.3, 0.4) is 0 Å². The quantitative estimate of drug-likeness (QED) is 0.255. The third-order valence-corrected chi connectivity index (χ3v) is 7.88. The van der Waals surface area contributed by atoms with E-state index >= 15 is 0 Å². The van der Waals surface area contributed by atoms with Crippen LogP contribution in [-0.4, -0.2) is 63.2 Å². The van der Waals surface area contributed by atoms with Gasteiger partial charge in [-0.15, -0.1) is 0 Å². The van der Waals surface area contributed by atoms with Crippen molar-refractivity contribution in [3.05, 3.63) is 65.7 Å². The summed E-state index contributed by atoms with van der Waals surface area (Å²) in [5.74, 6) is -2.17. The van der Waals surface area contributed by atoms with Gasteiger partial charge in [-0.05, 0) is 71.4 Å². The van der Waals surface area contributed by atoms with Crippen molar-refractivity contribution in [1.29, 1.82) is 0 Å². The Morgan fingerprint density at radius 3 is 2.00 bits per heavy atom. The highest BCUT2D eigenvalue weighted by Crippen LogP contribution is 2.42. The summed E-state index contributed by atoms with van der Waals surface area (Å²) in [5, 5.41) is 16.7. The summed E-state index contributed by atoms with van der Waals surface area (Å²) >= 11 is 0. The van der Waals surface area contributed by atoms with Crippen molar-refractivity contribution in [3.8, 4) is 5.75 Å². The lowest BCUT2D eigenvalue weighted by Gasteiger charge is -2.37. The molecule has 0 spiro atoms. The zero-order valence-corrected chi connectivity index (χ0v) is 28.6. The number of nitrogens with zero attached hydrogens (tertiary/aromatic N) is 1. The normalized spacial score (nSPS) is 18.7. The van der Waals surface area contributed by atoms with Crippen LogP contribution in [0.15, 0.2) is 54.6 Å². The smallest absolute Gasteiger partial charge is 0.408 e. The van der Waals surface area contributed by atoms with Crippen LogP contribution < -0.4 is 10.6 Å². The largest absolute Gasteiger partial charge is 0.508 e. The van der Waals surface area contributed by atoms with E-state index in [4.69, 9.17) is 9.47 Å². The van der Waals surface area contributed by atoms with E-state index in [1.54, 1.807) is 59.7 Å². The van der Waals surface area contributed by atoms with Gasteiger partial charge in [0.25, 0.3) is 0 Å². The van der Waals surface area contributed by atoms with E-state index in [0.29, 0.717) is 12.8 Å². The molecule has 0 saturated heterocycles. The third kappa shape index (κ3) is 10.2. The number of esters is 1. The molecule has 0 heterocycles. The first-order chi connectivity index (χ1) is 21.4. The molecule has 10 nitrogen and oxygen atoms in total. The Balaban J connectivity index is 2.08. The third-order valence-electron chi connectivity index (χ3n) is 7.88. The zero-order chi connectivity index (χ0) is 34.4. The highest BCUT2D eigenvalue weighted by Gasteiger charge is 2.50. The Morgan fingerprint density at radius 2 is 1.48 bits per heavy atom. The number of carbonyl (C=O) groups excluding carboxylic acids is 4. The minimum absolute atomic E-state index is 0.0650. The van der Waals surface area contributed by atoms with E-state index < -0.39 is 53.2 Å². The van der Waals surface area contributed by atoms with Crippen molar-refractivity contribution in [2.24, 2.45) is 11.8 Å². The topological polar surface area (TPSA) is 134 Å². The van der Waals surface area contributed by atoms with E-state index in [9.17, 15) is 24.3 Å². The molecule has 0 bridgehead atoms. The van der Waals surface area contributed by atoms with Crippen LogP contribution in [0.2, 0.25) is 0 Å². The number of hydrogen-bond donors (Lipinski definition) is 3. The molecule has 2 aromatic rings. The Labute approximate surface area is 273 Å². The summed E-state index contributed by atoms with van der Waals surface area (Å²) in [5.41, 5.74) is -0.586. The van der Waals surface area contributed by atoms with Crippen LogP contribution in [0.5, 0.6) is 5.75 Å². The van der Waals surface area contributed by atoms with Gasteiger partial charge in [-0.2, -0.15) is 0 Å². The fraction of sp³-hybridized carbons (Fsp3) is 0.556. The lowest BCUT2D eigenvalue weighted by Crippen LogP contribution is -2.57. The lowest BCUT2D eigenvalue weighted by molar-refractivity contribution is -0.159. The van der Waals surface area contributed by atoms with Gasteiger partial charge in [0.15, 0.2) is 0 Å². The van der Waals surface area contributed by atoms with Gasteiger partial charge < -0.3 is 30.1 Å². The number of para-hydroxylation sites is 1. The number of phenols is 1. The molecule has 1 aliphatic rings. The van der Waals surface area contributed by atoms with Gasteiger partial charge in [-0.3, -0.25) is 9.59 Å². The summed E-state index contributed by atoms with van der Waals surface area (Å²) in [6, 6.07) is 11.8. The minimum Gasteiger partial charge on any atom is -0.508 e. The number of amides is 3. The van der Waals surface area contributed by atoms with Crippen LogP contribution in [0.1, 0.15) is 92.3 Å². The highest BCUT2D eigenvalue weighted by atomic mass is 16.6. The van der Waals surface area contributed by atoms with Crippen LogP contribution in [-0.2, 0) is 30.3 Å². The van der Waals surface area contributed by atoms with E-state index in [1.165, 1.54) is 11.0 Å². The fourth-order valence-electron chi connectivity index (χ4n) is 5.25. The molecule has 6 unspecified atom stereocenters. The standard InChI is InChI=1S/C36H51N3O7/c1-10-22(2)29(38-34(44)46-36(7,8)9)32(42)39(27-20-23(27)3)30(25-18-14-15-19-28(25)40)31(41)37-26(33(43)45-35(4,5)6)21-24-16-12-11-13-17-24/h11-19,22-23,26-27,29-30,40H,10,20-21H2,1-9H3,(H,37,41)(H,38,44). The van der Waals surface area contributed by atoms with Gasteiger partial charge in [-0.1, -0.05) is 75.7 Å². The predicted octanol–water partition coefficient (Wildman–Crippen LogP) is 5.68. The molecule has 0 radical (unpaired) electrons. The van der Waals surface area contributed by atoms with Crippen molar-refractivity contribution in [2.75, 3.05) is 0 Å². The number of benzene rings is 2. The summed E-state index contributed by atoms with van der Waals surface area (Å²) in [4.78, 5) is 57.0. The second-order valence-corrected chi connectivity index (χ2v) is 14.3. The molecule has 2 aromatic carbocycles. The van der Waals surface area contributed by atoms with Gasteiger partial charge in [0.05, 0.1) is 0 Å². The predicted molar refractivity (Wildman–Crippen MR) is 176 cm³/mol. The summed E-state index contributed by atoms with van der Waals surface area (Å²) < 4.78 is 11.2. The molecule has 10 heteroatoms. The van der Waals surface area contributed by atoms with Crippen molar-refractivity contribution < 1.29 is 33.8 Å². The summed E-state index contributed by atoms with van der Waals surface area (Å²) in [6.45, 7) is 16.2. The van der Waals surface area contributed by atoms with Crippen LogP contribution in [0.25, 0.3) is 0 Å². The lowest BCUT2D eigenvalue weighted by atomic mass is 9.95. The van der Waals surface area contributed by atoms with E-state index in [2.05, 4.69) is 10.6 Å². The second kappa shape index (κ2) is 15.0. The molecule has 1 fully saturated rings. The number of aromatic hydroxyl groups is 1. The average molecular weight is 638 g/mol. The maximum absolute atomic E-state index is 14.6. The Hall–Kier alpha value is -4.08. The van der Waals surface area contributed by atoms with Gasteiger partial charge in [-0.25, -0.2) is 9.59 Å². The molecule has 3 N–H and O–H groups in total. The monoisotopic (exact) mass is 637 g/mol. The molecule has 46 heavy (non-hydrogen) atoms. The van der Waals surface area contributed by atoms with Crippen LogP contribution in [0, 0.1) is 11.8 Å². The second-order valence-electron chi connectivity index (χ2n) is 14.3. The van der Waals surface area contributed by atoms with Gasteiger partial charge >= 0.3 is 12.1 Å². The first-order valence-electron chi connectivity index (χ1n) is 16.1. The van der Waals surface area contributed by atoms with Crippen molar-refractivity contribution in [1.82, 2.24) is 15.5 Å². The first-order valence-corrected chi connectivity index (χ1v) is 16.1. The van der Waals surface area contributed by atoms with Crippen molar-refractivity contribution in [2.45, 2.75) is 117 Å². The number of nitrogens with one attached hydrogen (secondary N) is 2. The van der Waals surface area contributed by atoms with Gasteiger partial charge in [0.2, 0.25) is 11.8 Å². The molecule has 6 atom stereocenters. The maximum atomic E-state index is 14.6. The zero-order valence-electron chi connectivity index (χ0n) is 28.6. The minimum atomic E-state index is -1.31. The first kappa shape index (κ1) is 36.4. The maximum Gasteiger partial charge on any atom is 0.408 e. The van der Waals surface area contributed by atoms with Gasteiger partial charge in [0.1, 0.15) is 35.1 Å². The number of hydrogen-bond acceptors (Lipinski definition) is 7. The number of ether oxygens (including phenoxy) is 2. The molecular weight excluding hydrogens is 586 g/mol. The van der Waals surface area contributed by atoms with Crippen LogP contribution >= 0.6 is 0 Å².